The van der Waals surface area contributed by atoms with Crippen LogP contribution in [-0.2, 0) is 4.74 Å². The Morgan fingerprint density at radius 3 is 3.04 bits per heavy atom. The molecule has 2 aliphatic heterocycles. The maximum atomic E-state index is 9.91. The predicted octanol–water partition coefficient (Wildman–Crippen LogP) is 4.36. The molecule has 3 unspecified atom stereocenters. The predicted molar refractivity (Wildman–Crippen MR) is 100 cm³/mol. The molecule has 3 heteroatoms. The summed E-state index contributed by atoms with van der Waals surface area (Å²) < 4.78 is 6.31. The van der Waals surface area contributed by atoms with Gasteiger partial charge in [-0.05, 0) is 48.4 Å². The monoisotopic (exact) mass is 339 g/mol. The number of phenols is 1. The lowest BCUT2D eigenvalue weighted by Gasteiger charge is -2.50. The van der Waals surface area contributed by atoms with Gasteiger partial charge in [0.1, 0.15) is 5.75 Å². The molecule has 3 nitrogen and oxygen atoms in total. The molecule has 2 saturated heterocycles. The quantitative estimate of drug-likeness (QED) is 0.860. The van der Waals surface area contributed by atoms with Crippen molar-refractivity contribution in [2.75, 3.05) is 6.61 Å². The number of hydrogen-bond donors (Lipinski definition) is 2. The van der Waals surface area contributed by atoms with Gasteiger partial charge in [0.15, 0.2) is 0 Å². The first-order valence-corrected chi connectivity index (χ1v) is 9.74. The molecule has 0 saturated carbocycles. The minimum atomic E-state index is 0.238. The lowest BCUT2D eigenvalue weighted by Crippen LogP contribution is -2.56. The summed E-state index contributed by atoms with van der Waals surface area (Å²) in [5, 5.41) is 13.8. The van der Waals surface area contributed by atoms with E-state index in [1.165, 1.54) is 24.0 Å². The van der Waals surface area contributed by atoms with Gasteiger partial charge in [0.05, 0.1) is 6.10 Å². The van der Waals surface area contributed by atoms with Gasteiger partial charge in [0, 0.05) is 30.5 Å². The van der Waals surface area contributed by atoms with E-state index in [2.05, 4.69) is 43.5 Å². The molecule has 0 spiro atoms. The third-order valence-electron chi connectivity index (χ3n) is 6.30. The summed E-state index contributed by atoms with van der Waals surface area (Å²) >= 11 is 0. The number of nitrogens with one attached hydrogen (secondary N) is 1. The number of piperidine rings is 1. The number of aromatic hydroxyl groups is 1. The van der Waals surface area contributed by atoms with E-state index < -0.39 is 0 Å². The fourth-order valence-corrected chi connectivity index (χ4v) is 4.73. The number of rotatable bonds is 3. The lowest BCUT2D eigenvalue weighted by molar-refractivity contribution is -0.0867. The van der Waals surface area contributed by atoms with E-state index >= 15 is 0 Å². The number of ether oxygens (including phenoxy) is 1. The third-order valence-corrected chi connectivity index (χ3v) is 6.30. The summed E-state index contributed by atoms with van der Waals surface area (Å²) in [7, 11) is 0. The average Bonchev–Trinajstić information content (AvgIpc) is 2.66. The summed E-state index contributed by atoms with van der Waals surface area (Å²) in [5.41, 5.74) is 2.62. The summed E-state index contributed by atoms with van der Waals surface area (Å²) in [6.07, 6.45) is 10.8. The minimum Gasteiger partial charge on any atom is -0.508 e. The molecule has 2 fully saturated rings. The average molecular weight is 339 g/mol. The van der Waals surface area contributed by atoms with Gasteiger partial charge in [-0.15, -0.1) is 0 Å². The maximum absolute atomic E-state index is 9.91. The van der Waals surface area contributed by atoms with Gasteiger partial charge in [-0.25, -0.2) is 0 Å². The van der Waals surface area contributed by atoms with E-state index in [4.69, 9.17) is 4.74 Å². The second kappa shape index (κ2) is 6.97. The summed E-state index contributed by atoms with van der Waals surface area (Å²) in [5.74, 6) is 1.81. The van der Waals surface area contributed by atoms with E-state index in [0.29, 0.717) is 29.5 Å². The highest BCUT2D eigenvalue weighted by Crippen LogP contribution is 2.44. The van der Waals surface area contributed by atoms with Crippen LogP contribution >= 0.6 is 0 Å². The van der Waals surface area contributed by atoms with Crippen LogP contribution in [0.15, 0.2) is 48.1 Å². The molecule has 0 bridgehead atoms. The molecule has 3 aliphatic rings. The summed E-state index contributed by atoms with van der Waals surface area (Å²) in [6, 6.07) is 8.24. The molecular weight excluding hydrogens is 310 g/mol. The van der Waals surface area contributed by atoms with Crippen molar-refractivity contribution in [1.29, 1.82) is 0 Å². The molecule has 25 heavy (non-hydrogen) atoms. The van der Waals surface area contributed by atoms with Crippen LogP contribution in [0.1, 0.15) is 44.7 Å². The molecule has 1 aromatic rings. The van der Waals surface area contributed by atoms with Crippen LogP contribution in [0.3, 0.4) is 0 Å². The molecule has 0 amide bonds. The highest BCUT2D eigenvalue weighted by Gasteiger charge is 2.46. The number of hydrogen-bond acceptors (Lipinski definition) is 3. The molecule has 2 N–H and O–H groups in total. The van der Waals surface area contributed by atoms with E-state index in [0.717, 1.165) is 13.0 Å². The van der Waals surface area contributed by atoms with Crippen LogP contribution in [0.2, 0.25) is 0 Å². The van der Waals surface area contributed by atoms with Crippen molar-refractivity contribution in [2.24, 2.45) is 17.8 Å². The summed E-state index contributed by atoms with van der Waals surface area (Å²) in [4.78, 5) is 0. The van der Waals surface area contributed by atoms with Gasteiger partial charge in [-0.1, -0.05) is 44.2 Å². The topological polar surface area (TPSA) is 41.5 Å². The van der Waals surface area contributed by atoms with Gasteiger partial charge in [-0.2, -0.15) is 0 Å². The first-order chi connectivity index (χ1) is 12.2. The molecule has 1 aromatic carbocycles. The number of benzene rings is 1. The third kappa shape index (κ3) is 3.16. The Morgan fingerprint density at radius 2 is 2.24 bits per heavy atom. The maximum Gasteiger partial charge on any atom is 0.115 e. The smallest absolute Gasteiger partial charge is 0.115 e. The van der Waals surface area contributed by atoms with Gasteiger partial charge in [-0.3, -0.25) is 0 Å². The van der Waals surface area contributed by atoms with Crippen LogP contribution in [0.4, 0.5) is 0 Å². The zero-order valence-electron chi connectivity index (χ0n) is 15.2. The zero-order valence-corrected chi connectivity index (χ0v) is 15.2. The fourth-order valence-electron chi connectivity index (χ4n) is 4.73. The largest absolute Gasteiger partial charge is 0.508 e. The van der Waals surface area contributed by atoms with E-state index in [1.54, 1.807) is 6.07 Å². The van der Waals surface area contributed by atoms with Crippen molar-refractivity contribution in [3.8, 4) is 5.75 Å². The van der Waals surface area contributed by atoms with Gasteiger partial charge in [0.2, 0.25) is 0 Å². The Balaban J connectivity index is 1.66. The highest BCUT2D eigenvalue weighted by atomic mass is 16.5. The van der Waals surface area contributed by atoms with E-state index in [-0.39, 0.29) is 12.1 Å². The van der Waals surface area contributed by atoms with Crippen LogP contribution in [0, 0.1) is 17.8 Å². The van der Waals surface area contributed by atoms with Crippen molar-refractivity contribution >= 4 is 0 Å². The molecule has 4 rings (SSSR count). The highest BCUT2D eigenvalue weighted by molar-refractivity contribution is 5.35. The SMILES string of the molecule is CCC(C)C1=CC2C(C=C1)N[C@@H](c1cccc(O)c1)[C@@H]1CCCO[C@H]21. The first kappa shape index (κ1) is 16.9. The van der Waals surface area contributed by atoms with Crippen molar-refractivity contribution in [3.05, 3.63) is 53.6 Å². The van der Waals surface area contributed by atoms with Crippen LogP contribution in [0.25, 0.3) is 0 Å². The van der Waals surface area contributed by atoms with Crippen molar-refractivity contribution in [3.63, 3.8) is 0 Å². The molecule has 1 aliphatic carbocycles. The zero-order chi connectivity index (χ0) is 17.4. The Labute approximate surface area is 150 Å². The fraction of sp³-hybridized carbons (Fsp3) is 0.545. The van der Waals surface area contributed by atoms with Gasteiger partial charge >= 0.3 is 0 Å². The number of fused-ring (bicyclic) bond motifs is 3. The normalized spacial score (nSPS) is 35.4. The summed E-state index contributed by atoms with van der Waals surface area (Å²) in [6.45, 7) is 5.43. The second-order valence-electron chi connectivity index (χ2n) is 7.82. The van der Waals surface area contributed by atoms with Crippen LogP contribution in [-0.4, -0.2) is 23.9 Å². The standard InChI is InChI=1S/C22H29NO2/c1-3-14(2)15-9-10-20-19(13-15)22-18(8-5-11-25-22)21(23-20)16-6-4-7-17(24)12-16/h4,6-7,9-10,12-14,18-24H,3,5,8,11H2,1-2H3/t14?,18-,19?,20?,21-,22-/m0/s1. The molecule has 134 valence electrons. The molecule has 0 aromatic heterocycles. The minimum absolute atomic E-state index is 0.238. The Bertz CT molecular complexity index is 680. The van der Waals surface area contributed by atoms with Crippen LogP contribution in [0.5, 0.6) is 5.75 Å². The molecule has 2 heterocycles. The number of phenolic OH excluding ortho intramolecular Hbond substituents is 1. The molecule has 0 radical (unpaired) electrons. The van der Waals surface area contributed by atoms with E-state index in [9.17, 15) is 5.11 Å². The van der Waals surface area contributed by atoms with Gasteiger partial charge in [0.25, 0.3) is 0 Å². The molecular formula is C22H29NO2. The molecule has 6 atom stereocenters. The Morgan fingerprint density at radius 1 is 1.36 bits per heavy atom. The van der Waals surface area contributed by atoms with Gasteiger partial charge < -0.3 is 15.2 Å². The lowest BCUT2D eigenvalue weighted by atomic mass is 9.70. The van der Waals surface area contributed by atoms with E-state index in [1.807, 2.05) is 12.1 Å². The van der Waals surface area contributed by atoms with Crippen molar-refractivity contribution in [2.45, 2.75) is 51.3 Å². The van der Waals surface area contributed by atoms with Crippen LogP contribution < -0.4 is 5.32 Å². The van der Waals surface area contributed by atoms with Crippen molar-refractivity contribution < 1.29 is 9.84 Å². The first-order valence-electron chi connectivity index (χ1n) is 9.74. The van der Waals surface area contributed by atoms with Crippen molar-refractivity contribution in [1.82, 2.24) is 5.32 Å². The Hall–Kier alpha value is -1.58. The Kier molecular flexibility index (Phi) is 4.70. The second-order valence-corrected chi connectivity index (χ2v) is 7.82. The number of allylic oxidation sites excluding steroid dienone is 2.